The summed E-state index contributed by atoms with van der Waals surface area (Å²) in [6.07, 6.45) is 4.19. The molecule has 0 bridgehead atoms. The molecule has 1 aromatic heterocycles. The van der Waals surface area contributed by atoms with Gasteiger partial charge in [0, 0.05) is 30.6 Å². The van der Waals surface area contributed by atoms with Gasteiger partial charge in [0.15, 0.2) is 11.5 Å². The molecule has 7 nitrogen and oxygen atoms in total. The lowest BCUT2D eigenvalue weighted by molar-refractivity contribution is -0.142. The van der Waals surface area contributed by atoms with E-state index in [9.17, 15) is 9.59 Å². The van der Waals surface area contributed by atoms with Crippen molar-refractivity contribution in [2.75, 3.05) is 27.9 Å². The summed E-state index contributed by atoms with van der Waals surface area (Å²) in [4.78, 5) is 27.0. The lowest BCUT2D eigenvalue weighted by Crippen LogP contribution is -2.36. The normalized spacial score (nSPS) is 17.3. The Bertz CT molecular complexity index is 1310. The Hall–Kier alpha value is -3.32. The van der Waals surface area contributed by atoms with Crippen molar-refractivity contribution in [3.63, 3.8) is 0 Å². The van der Waals surface area contributed by atoms with E-state index in [0.717, 1.165) is 54.3 Å². The zero-order valence-electron chi connectivity index (χ0n) is 19.8. The summed E-state index contributed by atoms with van der Waals surface area (Å²) in [7, 11) is 4.63. The molecule has 34 heavy (non-hydrogen) atoms. The van der Waals surface area contributed by atoms with Gasteiger partial charge in [-0.2, -0.15) is 0 Å². The van der Waals surface area contributed by atoms with Crippen LogP contribution in [0.15, 0.2) is 39.5 Å². The van der Waals surface area contributed by atoms with Gasteiger partial charge in [0.2, 0.25) is 0 Å². The van der Waals surface area contributed by atoms with E-state index in [0.29, 0.717) is 23.6 Å². The van der Waals surface area contributed by atoms with Crippen molar-refractivity contribution in [2.45, 2.75) is 44.7 Å². The smallest absolute Gasteiger partial charge is 0.336 e. The lowest BCUT2D eigenvalue weighted by Gasteiger charge is -2.37. The predicted molar refractivity (Wildman–Crippen MR) is 128 cm³/mol. The number of ether oxygens (including phenoxy) is 3. The maximum Gasteiger partial charge on any atom is 0.336 e. The van der Waals surface area contributed by atoms with Crippen LogP contribution in [0.2, 0.25) is 0 Å². The number of esters is 1. The fraction of sp³-hybridized carbons (Fsp3) is 0.407. The summed E-state index contributed by atoms with van der Waals surface area (Å²) in [5, 5.41) is 0.968. The second-order valence-corrected chi connectivity index (χ2v) is 8.98. The molecule has 0 amide bonds. The first-order chi connectivity index (χ1) is 16.5. The predicted octanol–water partition coefficient (Wildman–Crippen LogP) is 3.96. The molecule has 1 aliphatic carbocycles. The Morgan fingerprint density at radius 2 is 1.71 bits per heavy atom. The minimum absolute atomic E-state index is 0.202. The maximum absolute atomic E-state index is 12.4. The fourth-order valence-electron chi connectivity index (χ4n) is 5.39. The highest BCUT2D eigenvalue weighted by Crippen LogP contribution is 2.40. The minimum atomic E-state index is -0.353. The number of rotatable bonds is 6. The van der Waals surface area contributed by atoms with E-state index in [-0.39, 0.29) is 24.1 Å². The molecule has 2 heterocycles. The highest BCUT2D eigenvalue weighted by Gasteiger charge is 2.32. The summed E-state index contributed by atoms with van der Waals surface area (Å²) in [5.41, 5.74) is 5.93. The average molecular weight is 464 g/mol. The van der Waals surface area contributed by atoms with Crippen LogP contribution in [-0.4, -0.2) is 38.7 Å². The number of aryl methyl sites for hydroxylation is 2. The number of benzene rings is 2. The van der Waals surface area contributed by atoms with Gasteiger partial charge in [0.1, 0.15) is 5.58 Å². The third-order valence-electron chi connectivity index (χ3n) is 7.12. The minimum Gasteiger partial charge on any atom is -0.493 e. The van der Waals surface area contributed by atoms with E-state index in [4.69, 9.17) is 18.6 Å². The van der Waals surface area contributed by atoms with E-state index in [1.54, 1.807) is 20.3 Å². The molecular weight excluding hydrogens is 434 g/mol. The molecule has 7 heteroatoms. The zero-order valence-corrected chi connectivity index (χ0v) is 19.8. The molecule has 0 saturated carbocycles. The molecule has 0 spiro atoms. The van der Waals surface area contributed by atoms with Crippen LogP contribution in [0.4, 0.5) is 0 Å². The maximum atomic E-state index is 12.4. The second-order valence-electron chi connectivity index (χ2n) is 8.98. The summed E-state index contributed by atoms with van der Waals surface area (Å²) in [5.74, 6) is 1.01. The van der Waals surface area contributed by atoms with Crippen molar-refractivity contribution in [2.24, 2.45) is 0 Å². The molecule has 1 aliphatic heterocycles. The number of hydrogen-bond donors (Lipinski definition) is 0. The number of methoxy groups -OCH3 is 3. The van der Waals surface area contributed by atoms with Gasteiger partial charge in [0.25, 0.3) is 0 Å². The van der Waals surface area contributed by atoms with Gasteiger partial charge in [0.05, 0.1) is 27.8 Å². The Labute approximate surface area is 198 Å². The molecule has 1 unspecified atom stereocenters. The Morgan fingerprint density at radius 1 is 0.971 bits per heavy atom. The van der Waals surface area contributed by atoms with Crippen molar-refractivity contribution in [1.82, 2.24) is 4.90 Å². The standard InChI is InChI=1S/C27H29NO6/c1-31-24-11-18-7-8-28(22(14-26(29)33-3)20(18)13-25(24)32-2)15-19-12-27(30)34-23-10-17-6-4-5-16(17)9-21(19)23/h9-13,22H,4-8,14-15H2,1-3H3. The molecule has 0 fully saturated rings. The van der Waals surface area contributed by atoms with Gasteiger partial charge in [-0.05, 0) is 77.8 Å². The Balaban J connectivity index is 1.56. The molecule has 178 valence electrons. The molecular formula is C27H29NO6. The van der Waals surface area contributed by atoms with E-state index in [1.807, 2.05) is 18.2 Å². The SMILES string of the molecule is COC(=O)CC1c2cc(OC)c(OC)cc2CCN1Cc1cc(=O)oc2cc3c(cc12)CCC3. The average Bonchev–Trinajstić information content (AvgIpc) is 3.30. The first-order valence-electron chi connectivity index (χ1n) is 11.6. The van der Waals surface area contributed by atoms with Gasteiger partial charge in [-0.15, -0.1) is 0 Å². The van der Waals surface area contributed by atoms with Crippen LogP contribution >= 0.6 is 0 Å². The summed E-state index contributed by atoms with van der Waals surface area (Å²) in [6.45, 7) is 1.26. The summed E-state index contributed by atoms with van der Waals surface area (Å²) >= 11 is 0. The topological polar surface area (TPSA) is 78.2 Å². The van der Waals surface area contributed by atoms with Gasteiger partial charge in [-0.3, -0.25) is 9.69 Å². The van der Waals surface area contributed by atoms with Crippen molar-refractivity contribution >= 4 is 16.9 Å². The molecule has 5 rings (SSSR count). The van der Waals surface area contributed by atoms with Gasteiger partial charge in [-0.1, -0.05) is 0 Å². The zero-order chi connectivity index (χ0) is 23.8. The van der Waals surface area contributed by atoms with E-state index in [1.165, 1.54) is 18.2 Å². The molecule has 2 aliphatic rings. The number of nitrogens with zero attached hydrogens (tertiary/aromatic N) is 1. The number of carbonyl (C=O) groups is 1. The molecule has 0 N–H and O–H groups in total. The first kappa shape index (κ1) is 22.5. The van der Waals surface area contributed by atoms with E-state index >= 15 is 0 Å². The van der Waals surface area contributed by atoms with Crippen LogP contribution in [-0.2, 0) is 35.3 Å². The van der Waals surface area contributed by atoms with Crippen molar-refractivity contribution < 1.29 is 23.4 Å². The van der Waals surface area contributed by atoms with Crippen molar-refractivity contribution in [3.05, 3.63) is 68.6 Å². The van der Waals surface area contributed by atoms with Gasteiger partial charge >= 0.3 is 11.6 Å². The Kier molecular flexibility index (Phi) is 6.04. The fourth-order valence-corrected chi connectivity index (χ4v) is 5.39. The van der Waals surface area contributed by atoms with Crippen LogP contribution in [0.1, 0.15) is 46.7 Å². The van der Waals surface area contributed by atoms with Crippen LogP contribution in [0, 0.1) is 0 Å². The van der Waals surface area contributed by atoms with Crippen molar-refractivity contribution in [1.29, 1.82) is 0 Å². The molecule has 2 aromatic carbocycles. The van der Waals surface area contributed by atoms with Crippen LogP contribution in [0.5, 0.6) is 11.5 Å². The first-order valence-corrected chi connectivity index (χ1v) is 11.6. The highest BCUT2D eigenvalue weighted by molar-refractivity contribution is 5.82. The lowest BCUT2D eigenvalue weighted by atomic mass is 9.89. The molecule has 0 radical (unpaired) electrons. The third-order valence-corrected chi connectivity index (χ3v) is 7.12. The number of carbonyl (C=O) groups excluding carboxylic acids is 1. The number of hydrogen-bond acceptors (Lipinski definition) is 7. The van der Waals surface area contributed by atoms with E-state index in [2.05, 4.69) is 11.0 Å². The molecule has 0 saturated heterocycles. The summed E-state index contributed by atoms with van der Waals surface area (Å²) < 4.78 is 21.6. The molecule has 1 atom stereocenters. The Morgan fingerprint density at radius 3 is 2.44 bits per heavy atom. The second kappa shape index (κ2) is 9.14. The van der Waals surface area contributed by atoms with Gasteiger partial charge in [-0.25, -0.2) is 4.79 Å². The van der Waals surface area contributed by atoms with E-state index < -0.39 is 0 Å². The quantitative estimate of drug-likeness (QED) is 0.404. The summed E-state index contributed by atoms with van der Waals surface area (Å²) in [6, 6.07) is 9.52. The van der Waals surface area contributed by atoms with Crippen LogP contribution in [0.3, 0.4) is 0 Å². The van der Waals surface area contributed by atoms with Crippen molar-refractivity contribution in [3.8, 4) is 11.5 Å². The largest absolute Gasteiger partial charge is 0.493 e. The van der Waals surface area contributed by atoms with Gasteiger partial charge < -0.3 is 18.6 Å². The monoisotopic (exact) mass is 463 g/mol. The highest BCUT2D eigenvalue weighted by atomic mass is 16.5. The van der Waals surface area contributed by atoms with Crippen LogP contribution in [0.25, 0.3) is 11.0 Å². The third kappa shape index (κ3) is 4.05. The molecule has 3 aromatic rings. The van der Waals surface area contributed by atoms with Crippen LogP contribution < -0.4 is 15.1 Å². The number of fused-ring (bicyclic) bond motifs is 3.